The van der Waals surface area contributed by atoms with Gasteiger partial charge in [-0.3, -0.25) is 0 Å². The van der Waals surface area contributed by atoms with E-state index < -0.39 is 0 Å². The molecule has 1 aromatic rings. The van der Waals surface area contributed by atoms with Gasteiger partial charge in [-0.15, -0.1) is 0 Å². The summed E-state index contributed by atoms with van der Waals surface area (Å²) < 4.78 is 5.82. The van der Waals surface area contributed by atoms with Crippen LogP contribution in [0, 0.1) is 0 Å². The van der Waals surface area contributed by atoms with Gasteiger partial charge in [-0.05, 0) is 26.2 Å². The zero-order chi connectivity index (χ0) is 13.9. The third-order valence-corrected chi connectivity index (χ3v) is 2.98. The molecule has 0 aliphatic carbocycles. The van der Waals surface area contributed by atoms with E-state index in [-0.39, 0.29) is 6.10 Å². The number of anilines is 1. The van der Waals surface area contributed by atoms with E-state index in [1.807, 2.05) is 6.07 Å². The summed E-state index contributed by atoms with van der Waals surface area (Å²) in [5.41, 5.74) is 0. The Morgan fingerprint density at radius 3 is 2.74 bits per heavy atom. The summed E-state index contributed by atoms with van der Waals surface area (Å²) in [7, 11) is 0. The topological polar surface area (TPSA) is 47.0 Å². The van der Waals surface area contributed by atoms with Crippen LogP contribution in [0.15, 0.2) is 12.4 Å². The first-order valence-corrected chi connectivity index (χ1v) is 7.48. The second-order valence-electron chi connectivity index (χ2n) is 4.95. The van der Waals surface area contributed by atoms with Crippen molar-refractivity contribution in [2.45, 2.75) is 65.4 Å². The lowest BCUT2D eigenvalue weighted by Gasteiger charge is -2.14. The number of nitrogens with zero attached hydrogens (tertiary/aromatic N) is 2. The van der Waals surface area contributed by atoms with E-state index in [2.05, 4.69) is 36.1 Å². The second-order valence-corrected chi connectivity index (χ2v) is 4.95. The van der Waals surface area contributed by atoms with Crippen LogP contribution in [-0.4, -0.2) is 22.6 Å². The molecule has 0 spiro atoms. The quantitative estimate of drug-likeness (QED) is 0.649. The van der Waals surface area contributed by atoms with Crippen molar-refractivity contribution in [3.8, 4) is 5.88 Å². The van der Waals surface area contributed by atoms with Crippen molar-refractivity contribution in [3.05, 3.63) is 12.4 Å². The summed E-state index contributed by atoms with van der Waals surface area (Å²) in [4.78, 5) is 8.33. The molecule has 0 fully saturated rings. The SMILES string of the molecule is CCCCCCC(C)Oc1cc(NCCC)ncn1. The summed E-state index contributed by atoms with van der Waals surface area (Å²) >= 11 is 0. The van der Waals surface area contributed by atoms with Crippen LogP contribution < -0.4 is 10.1 Å². The Kier molecular flexibility index (Phi) is 7.94. The standard InChI is InChI=1S/C15H27N3O/c1-4-6-7-8-9-13(3)19-15-11-14(16-10-5-2)17-12-18-15/h11-13H,4-10H2,1-3H3,(H,16,17,18). The smallest absolute Gasteiger partial charge is 0.218 e. The Morgan fingerprint density at radius 1 is 1.16 bits per heavy atom. The molecule has 0 radical (unpaired) electrons. The number of rotatable bonds is 10. The predicted octanol–water partition coefficient (Wildman–Crippen LogP) is 4.04. The van der Waals surface area contributed by atoms with Crippen LogP contribution in [0.1, 0.15) is 59.3 Å². The van der Waals surface area contributed by atoms with Gasteiger partial charge < -0.3 is 10.1 Å². The predicted molar refractivity (Wildman–Crippen MR) is 79.7 cm³/mol. The van der Waals surface area contributed by atoms with E-state index in [0.717, 1.165) is 25.2 Å². The first-order chi connectivity index (χ1) is 9.26. The maximum Gasteiger partial charge on any atom is 0.218 e. The maximum atomic E-state index is 5.82. The van der Waals surface area contributed by atoms with Crippen LogP contribution in [0.4, 0.5) is 5.82 Å². The number of hydrogen-bond acceptors (Lipinski definition) is 4. The van der Waals surface area contributed by atoms with Crippen LogP contribution in [0.5, 0.6) is 5.88 Å². The fraction of sp³-hybridized carbons (Fsp3) is 0.733. The van der Waals surface area contributed by atoms with Gasteiger partial charge in [-0.1, -0.05) is 33.1 Å². The summed E-state index contributed by atoms with van der Waals surface area (Å²) in [6, 6.07) is 1.87. The van der Waals surface area contributed by atoms with Gasteiger partial charge in [0.05, 0.1) is 6.10 Å². The van der Waals surface area contributed by atoms with Gasteiger partial charge in [0.25, 0.3) is 0 Å². The van der Waals surface area contributed by atoms with Crippen LogP contribution in [0.25, 0.3) is 0 Å². The normalized spacial score (nSPS) is 12.2. The van der Waals surface area contributed by atoms with E-state index in [1.54, 1.807) is 6.33 Å². The molecule has 1 rings (SSSR count). The van der Waals surface area contributed by atoms with Gasteiger partial charge in [0.2, 0.25) is 5.88 Å². The molecular weight excluding hydrogens is 238 g/mol. The Bertz CT molecular complexity index is 344. The van der Waals surface area contributed by atoms with Gasteiger partial charge >= 0.3 is 0 Å². The highest BCUT2D eigenvalue weighted by Gasteiger charge is 2.06. The first kappa shape index (κ1) is 15.7. The maximum absolute atomic E-state index is 5.82. The van der Waals surface area contributed by atoms with Crippen molar-refractivity contribution in [1.29, 1.82) is 0 Å². The van der Waals surface area contributed by atoms with Crippen molar-refractivity contribution in [1.82, 2.24) is 9.97 Å². The zero-order valence-corrected chi connectivity index (χ0v) is 12.5. The molecule has 19 heavy (non-hydrogen) atoms. The Hall–Kier alpha value is -1.32. The van der Waals surface area contributed by atoms with Crippen LogP contribution in [0.3, 0.4) is 0 Å². The second kappa shape index (κ2) is 9.59. The van der Waals surface area contributed by atoms with E-state index in [9.17, 15) is 0 Å². The van der Waals surface area contributed by atoms with E-state index in [0.29, 0.717) is 5.88 Å². The lowest BCUT2D eigenvalue weighted by molar-refractivity contribution is 0.198. The first-order valence-electron chi connectivity index (χ1n) is 7.48. The Labute approximate surface area is 117 Å². The lowest BCUT2D eigenvalue weighted by Crippen LogP contribution is -2.13. The third kappa shape index (κ3) is 6.99. The average Bonchev–Trinajstić information content (AvgIpc) is 2.42. The molecule has 4 nitrogen and oxygen atoms in total. The summed E-state index contributed by atoms with van der Waals surface area (Å²) in [5.74, 6) is 1.50. The highest BCUT2D eigenvalue weighted by Crippen LogP contribution is 2.15. The largest absolute Gasteiger partial charge is 0.475 e. The molecule has 1 unspecified atom stereocenters. The fourth-order valence-electron chi connectivity index (χ4n) is 1.88. The van der Waals surface area contributed by atoms with Crippen LogP contribution in [-0.2, 0) is 0 Å². The van der Waals surface area contributed by atoms with Crippen molar-refractivity contribution in [3.63, 3.8) is 0 Å². The zero-order valence-electron chi connectivity index (χ0n) is 12.5. The molecule has 1 aromatic heterocycles. The van der Waals surface area contributed by atoms with Crippen LogP contribution in [0.2, 0.25) is 0 Å². The van der Waals surface area contributed by atoms with Gasteiger partial charge in [0.15, 0.2) is 0 Å². The number of nitrogens with one attached hydrogen (secondary N) is 1. The van der Waals surface area contributed by atoms with Gasteiger partial charge in [0, 0.05) is 12.6 Å². The van der Waals surface area contributed by atoms with Crippen LogP contribution >= 0.6 is 0 Å². The molecule has 4 heteroatoms. The average molecular weight is 265 g/mol. The number of unbranched alkanes of at least 4 members (excludes halogenated alkanes) is 3. The molecule has 1 heterocycles. The minimum Gasteiger partial charge on any atom is -0.475 e. The molecule has 1 N–H and O–H groups in total. The summed E-state index contributed by atoms with van der Waals surface area (Å²) in [6.07, 6.45) is 9.02. The van der Waals surface area contributed by atoms with Gasteiger partial charge in [-0.2, -0.15) is 0 Å². The molecule has 0 bridgehead atoms. The van der Waals surface area contributed by atoms with E-state index in [1.165, 1.54) is 25.7 Å². The van der Waals surface area contributed by atoms with E-state index >= 15 is 0 Å². The fourth-order valence-corrected chi connectivity index (χ4v) is 1.88. The highest BCUT2D eigenvalue weighted by atomic mass is 16.5. The molecule has 108 valence electrons. The Balaban J connectivity index is 2.34. The number of aromatic nitrogens is 2. The minimum absolute atomic E-state index is 0.214. The monoisotopic (exact) mass is 265 g/mol. The Morgan fingerprint density at radius 2 is 2.00 bits per heavy atom. The minimum atomic E-state index is 0.214. The van der Waals surface area contributed by atoms with Crippen molar-refractivity contribution >= 4 is 5.82 Å². The van der Waals surface area contributed by atoms with Gasteiger partial charge in [-0.25, -0.2) is 9.97 Å². The van der Waals surface area contributed by atoms with Gasteiger partial charge in [0.1, 0.15) is 12.1 Å². The molecule has 0 aromatic carbocycles. The molecule has 0 aliphatic rings. The molecule has 0 saturated heterocycles. The molecule has 0 aliphatic heterocycles. The van der Waals surface area contributed by atoms with Crippen molar-refractivity contribution in [2.75, 3.05) is 11.9 Å². The molecule has 0 saturated carbocycles. The molecular formula is C15H27N3O. The molecule has 0 amide bonds. The molecule has 1 atom stereocenters. The third-order valence-electron chi connectivity index (χ3n) is 2.98. The van der Waals surface area contributed by atoms with E-state index in [4.69, 9.17) is 4.74 Å². The van der Waals surface area contributed by atoms with Crippen molar-refractivity contribution in [2.24, 2.45) is 0 Å². The number of hydrogen-bond donors (Lipinski definition) is 1. The number of ether oxygens (including phenoxy) is 1. The lowest BCUT2D eigenvalue weighted by atomic mass is 10.1. The highest BCUT2D eigenvalue weighted by molar-refractivity contribution is 5.36. The summed E-state index contributed by atoms with van der Waals surface area (Å²) in [6.45, 7) is 7.38. The summed E-state index contributed by atoms with van der Waals surface area (Å²) in [5, 5.41) is 3.24. The van der Waals surface area contributed by atoms with Crippen molar-refractivity contribution < 1.29 is 4.74 Å².